The molecule has 0 aliphatic carbocycles. The quantitative estimate of drug-likeness (QED) is 0.809. The lowest BCUT2D eigenvalue weighted by Crippen LogP contribution is -2.37. The number of amides is 1. The van der Waals surface area contributed by atoms with Crippen LogP contribution in [0.3, 0.4) is 0 Å². The predicted octanol–water partition coefficient (Wildman–Crippen LogP) is 1.15. The Morgan fingerprint density at radius 1 is 1.35 bits per heavy atom. The third-order valence-corrected chi connectivity index (χ3v) is 3.89. The number of rotatable bonds is 4. The number of nitrogens with two attached hydrogens (primary N) is 2. The zero-order valence-corrected chi connectivity index (χ0v) is 12.3. The van der Waals surface area contributed by atoms with Crippen LogP contribution in [0.1, 0.15) is 23.2 Å². The van der Waals surface area contributed by atoms with Gasteiger partial charge in [-0.15, -0.1) is 0 Å². The molecule has 4 N–H and O–H groups in total. The van der Waals surface area contributed by atoms with Crippen molar-refractivity contribution in [2.24, 2.45) is 11.7 Å². The Kier molecular flexibility index (Phi) is 4.49. The van der Waals surface area contributed by atoms with Crippen LogP contribution in [0.2, 0.25) is 0 Å². The van der Waals surface area contributed by atoms with Gasteiger partial charge in [-0.3, -0.25) is 4.79 Å². The molecule has 1 aliphatic rings. The van der Waals surface area contributed by atoms with Gasteiger partial charge in [-0.2, -0.15) is 0 Å². The second kappa shape index (κ2) is 6.13. The van der Waals surface area contributed by atoms with E-state index in [1.165, 1.54) is 12.8 Å². The first-order chi connectivity index (χ1) is 9.47. The van der Waals surface area contributed by atoms with E-state index >= 15 is 0 Å². The van der Waals surface area contributed by atoms with Crippen LogP contribution in [-0.4, -0.2) is 44.5 Å². The van der Waals surface area contributed by atoms with E-state index in [1.54, 1.807) is 12.1 Å². The Bertz CT molecular complexity index is 479. The smallest absolute Gasteiger partial charge is 0.248 e. The number of carbonyl (C=O) groups is 1. The van der Waals surface area contributed by atoms with Crippen LogP contribution in [0.5, 0.6) is 0 Å². The Morgan fingerprint density at radius 3 is 2.50 bits per heavy atom. The van der Waals surface area contributed by atoms with Gasteiger partial charge in [0.05, 0.1) is 11.4 Å². The van der Waals surface area contributed by atoms with Crippen molar-refractivity contribution >= 4 is 17.3 Å². The molecule has 0 spiro atoms. The SMILES string of the molecule is CN(C)CC1CCN(c2ccc(C(N)=O)cc2N)CC1. The highest BCUT2D eigenvalue weighted by Crippen LogP contribution is 2.29. The van der Waals surface area contributed by atoms with Gasteiger partial charge in [0.25, 0.3) is 0 Å². The van der Waals surface area contributed by atoms with Crippen LogP contribution in [0.4, 0.5) is 11.4 Å². The van der Waals surface area contributed by atoms with Crippen LogP contribution < -0.4 is 16.4 Å². The number of anilines is 2. The molecule has 0 aromatic heterocycles. The highest BCUT2D eigenvalue weighted by Gasteiger charge is 2.21. The first kappa shape index (κ1) is 14.7. The highest BCUT2D eigenvalue weighted by atomic mass is 16.1. The van der Waals surface area contributed by atoms with Crippen molar-refractivity contribution in [2.45, 2.75) is 12.8 Å². The van der Waals surface area contributed by atoms with Crippen molar-refractivity contribution < 1.29 is 4.79 Å². The van der Waals surface area contributed by atoms with E-state index < -0.39 is 5.91 Å². The van der Waals surface area contributed by atoms with Crippen molar-refractivity contribution in [2.75, 3.05) is 44.4 Å². The largest absolute Gasteiger partial charge is 0.397 e. The summed E-state index contributed by atoms with van der Waals surface area (Å²) in [5.41, 5.74) is 13.4. The summed E-state index contributed by atoms with van der Waals surface area (Å²) in [6.45, 7) is 3.17. The molecule has 0 atom stereocenters. The summed E-state index contributed by atoms with van der Waals surface area (Å²) in [5, 5.41) is 0. The maximum atomic E-state index is 11.1. The second-order valence-electron chi connectivity index (χ2n) is 5.83. The fraction of sp³-hybridized carbons (Fsp3) is 0.533. The van der Waals surface area contributed by atoms with Crippen molar-refractivity contribution in [1.82, 2.24) is 4.90 Å². The molecule has 1 saturated heterocycles. The minimum absolute atomic E-state index is 0.437. The normalized spacial score (nSPS) is 16.6. The molecule has 1 amide bonds. The van der Waals surface area contributed by atoms with Crippen molar-refractivity contribution in [3.8, 4) is 0 Å². The van der Waals surface area contributed by atoms with Crippen LogP contribution in [0.25, 0.3) is 0 Å². The monoisotopic (exact) mass is 276 g/mol. The number of nitrogens with zero attached hydrogens (tertiary/aromatic N) is 2. The number of nitrogen functional groups attached to an aromatic ring is 1. The molecule has 1 aliphatic heterocycles. The molecule has 0 radical (unpaired) electrons. The second-order valence-corrected chi connectivity index (χ2v) is 5.83. The molecule has 0 saturated carbocycles. The molecule has 110 valence electrons. The maximum absolute atomic E-state index is 11.1. The standard InChI is InChI=1S/C15H24N4O/c1-18(2)10-11-5-7-19(8-6-11)14-4-3-12(15(17)20)9-13(14)16/h3-4,9,11H,5-8,10,16H2,1-2H3,(H2,17,20). The van der Waals surface area contributed by atoms with E-state index in [0.717, 1.165) is 31.2 Å². The summed E-state index contributed by atoms with van der Waals surface area (Å²) in [6.07, 6.45) is 2.35. The lowest BCUT2D eigenvalue weighted by atomic mass is 9.95. The van der Waals surface area contributed by atoms with Gasteiger partial charge in [0.1, 0.15) is 0 Å². The van der Waals surface area contributed by atoms with E-state index in [1.807, 2.05) is 6.07 Å². The number of benzene rings is 1. The Hall–Kier alpha value is -1.75. The number of piperidine rings is 1. The molecule has 2 rings (SSSR count). The molecule has 5 heteroatoms. The predicted molar refractivity (Wildman–Crippen MR) is 82.9 cm³/mol. The maximum Gasteiger partial charge on any atom is 0.248 e. The molecule has 1 aromatic carbocycles. The number of hydrogen-bond donors (Lipinski definition) is 2. The van der Waals surface area contributed by atoms with Crippen LogP contribution in [0, 0.1) is 5.92 Å². The molecule has 5 nitrogen and oxygen atoms in total. The summed E-state index contributed by atoms with van der Waals surface area (Å²) in [7, 11) is 4.24. The molecule has 0 bridgehead atoms. The fourth-order valence-electron chi connectivity index (χ4n) is 2.87. The average molecular weight is 276 g/mol. The Labute approximate surface area is 120 Å². The van der Waals surface area contributed by atoms with E-state index in [2.05, 4.69) is 23.9 Å². The zero-order valence-electron chi connectivity index (χ0n) is 12.3. The first-order valence-corrected chi connectivity index (χ1v) is 7.06. The van der Waals surface area contributed by atoms with Crippen LogP contribution in [0.15, 0.2) is 18.2 Å². The molecular weight excluding hydrogens is 252 g/mol. The molecule has 1 fully saturated rings. The van der Waals surface area contributed by atoms with Gasteiger partial charge < -0.3 is 21.3 Å². The number of primary amides is 1. The summed E-state index contributed by atoms with van der Waals surface area (Å²) in [4.78, 5) is 15.7. The molecule has 20 heavy (non-hydrogen) atoms. The Morgan fingerprint density at radius 2 is 2.00 bits per heavy atom. The van der Waals surface area contributed by atoms with Gasteiger partial charge in [0.2, 0.25) is 5.91 Å². The third-order valence-electron chi connectivity index (χ3n) is 3.89. The topological polar surface area (TPSA) is 75.6 Å². The van der Waals surface area contributed by atoms with Crippen molar-refractivity contribution in [3.05, 3.63) is 23.8 Å². The number of carbonyl (C=O) groups excluding carboxylic acids is 1. The van der Waals surface area contributed by atoms with Gasteiger partial charge in [-0.1, -0.05) is 0 Å². The van der Waals surface area contributed by atoms with Crippen molar-refractivity contribution in [1.29, 1.82) is 0 Å². The van der Waals surface area contributed by atoms with Crippen molar-refractivity contribution in [3.63, 3.8) is 0 Å². The minimum atomic E-state index is -0.437. The van der Waals surface area contributed by atoms with E-state index in [-0.39, 0.29) is 0 Å². The average Bonchev–Trinajstić information content (AvgIpc) is 2.39. The van der Waals surface area contributed by atoms with E-state index in [4.69, 9.17) is 11.5 Å². The highest BCUT2D eigenvalue weighted by molar-refractivity contribution is 5.94. The van der Waals surface area contributed by atoms with Gasteiger partial charge in [0.15, 0.2) is 0 Å². The molecular formula is C15H24N4O. The molecule has 1 heterocycles. The summed E-state index contributed by atoms with van der Waals surface area (Å²) in [5.74, 6) is 0.320. The van der Waals surface area contributed by atoms with Gasteiger partial charge in [0, 0.05) is 25.2 Å². The van der Waals surface area contributed by atoms with E-state index in [9.17, 15) is 4.79 Å². The van der Waals surface area contributed by atoms with Gasteiger partial charge in [-0.25, -0.2) is 0 Å². The summed E-state index contributed by atoms with van der Waals surface area (Å²) in [6, 6.07) is 5.32. The Balaban J connectivity index is 2.02. The van der Waals surface area contributed by atoms with Crippen LogP contribution >= 0.6 is 0 Å². The van der Waals surface area contributed by atoms with E-state index in [0.29, 0.717) is 11.3 Å². The minimum Gasteiger partial charge on any atom is -0.397 e. The molecule has 1 aromatic rings. The van der Waals surface area contributed by atoms with Gasteiger partial charge >= 0.3 is 0 Å². The lowest BCUT2D eigenvalue weighted by molar-refractivity contribution is 0.100. The fourth-order valence-corrected chi connectivity index (χ4v) is 2.87. The summed E-state index contributed by atoms with van der Waals surface area (Å²) >= 11 is 0. The van der Waals surface area contributed by atoms with Gasteiger partial charge in [-0.05, 0) is 51.1 Å². The molecule has 0 unspecified atom stereocenters. The first-order valence-electron chi connectivity index (χ1n) is 7.06. The van der Waals surface area contributed by atoms with Crippen LogP contribution in [-0.2, 0) is 0 Å². The third kappa shape index (κ3) is 3.42. The lowest BCUT2D eigenvalue weighted by Gasteiger charge is -2.35. The summed E-state index contributed by atoms with van der Waals surface area (Å²) < 4.78 is 0. The number of hydrogen-bond acceptors (Lipinski definition) is 4. The zero-order chi connectivity index (χ0) is 14.7.